The van der Waals surface area contributed by atoms with Crippen LogP contribution in [0.5, 0.6) is 0 Å². The molecule has 1 radical (unpaired) electrons. The number of benzene rings is 1. The van der Waals surface area contributed by atoms with E-state index in [1.165, 1.54) is 40.7 Å². The first kappa shape index (κ1) is 18.1. The smallest absolute Gasteiger partial charge is 0.218 e. The molecule has 0 amide bonds. The summed E-state index contributed by atoms with van der Waals surface area (Å²) in [6, 6.07) is 9.64. The summed E-state index contributed by atoms with van der Waals surface area (Å²) < 4.78 is 52.3. The van der Waals surface area contributed by atoms with Gasteiger partial charge in [-0.3, -0.25) is 0 Å². The number of hydrogen-bond donors (Lipinski definition) is 0. The highest BCUT2D eigenvalue weighted by Gasteiger charge is 2.33. The van der Waals surface area contributed by atoms with Gasteiger partial charge >= 0.3 is 0 Å². The fourth-order valence-corrected chi connectivity index (χ4v) is 6.99. The monoisotopic (exact) mass is 395 g/mol. The predicted molar refractivity (Wildman–Crippen MR) is 93.2 cm³/mol. The van der Waals surface area contributed by atoms with Crippen molar-refractivity contribution in [2.45, 2.75) is 32.9 Å². The Kier molecular flexibility index (Phi) is 4.72. The maximum Gasteiger partial charge on any atom is 0.243 e. The summed E-state index contributed by atoms with van der Waals surface area (Å²) >= 11 is 0.855. The van der Waals surface area contributed by atoms with Crippen molar-refractivity contribution in [1.29, 1.82) is 5.26 Å². The molecule has 0 bridgehead atoms. The normalized spacial score (nSPS) is 19.0. The minimum atomic E-state index is -3.88. The minimum Gasteiger partial charge on any atom is -0.218 e. The largest absolute Gasteiger partial charge is 0.243 e. The molecule has 1 atom stereocenters. The first-order chi connectivity index (χ1) is 11.8. The van der Waals surface area contributed by atoms with E-state index in [9.17, 15) is 16.8 Å². The second-order valence-corrected chi connectivity index (χ2v) is 10.8. The molecule has 131 valence electrons. The molecule has 1 aliphatic heterocycles. The molecule has 1 saturated heterocycles. The van der Waals surface area contributed by atoms with Gasteiger partial charge in [0, 0.05) is 12.6 Å². The summed E-state index contributed by atoms with van der Waals surface area (Å²) in [5.74, 6) is 0. The van der Waals surface area contributed by atoms with Gasteiger partial charge in [0.25, 0.3) is 0 Å². The lowest BCUT2D eigenvalue weighted by atomic mass is 10.3. The summed E-state index contributed by atoms with van der Waals surface area (Å²) in [7, 11) is -7.67. The highest BCUT2D eigenvalue weighted by atomic mass is 32.2. The number of rotatable bonds is 4. The molecule has 1 aromatic carbocycles. The maximum absolute atomic E-state index is 12.8. The second kappa shape index (κ2) is 6.53. The van der Waals surface area contributed by atoms with Crippen molar-refractivity contribution in [2.75, 3.05) is 6.54 Å². The van der Waals surface area contributed by atoms with Crippen molar-refractivity contribution in [3.63, 3.8) is 0 Å². The number of sulfonamides is 1. The van der Waals surface area contributed by atoms with Crippen molar-refractivity contribution < 1.29 is 16.8 Å². The number of nitrogens with zero attached hydrogens (tertiary/aromatic N) is 2. The van der Waals surface area contributed by atoms with Crippen molar-refractivity contribution in [3.05, 3.63) is 48.2 Å². The van der Waals surface area contributed by atoms with E-state index in [2.05, 4.69) is 6.92 Å². The lowest BCUT2D eigenvalue weighted by Crippen LogP contribution is -2.33. The Balaban J connectivity index is 2.03. The Hall–Kier alpha value is -1.73. The Morgan fingerprint density at radius 1 is 1.16 bits per heavy atom. The predicted octanol–water partition coefficient (Wildman–Crippen LogP) is 2.44. The van der Waals surface area contributed by atoms with Crippen LogP contribution in [0.3, 0.4) is 0 Å². The summed E-state index contributed by atoms with van der Waals surface area (Å²) in [4.78, 5) is 0.0974. The number of hydrogen-bond acceptors (Lipinski definition) is 6. The van der Waals surface area contributed by atoms with Crippen molar-refractivity contribution >= 4 is 31.2 Å². The first-order valence-corrected chi connectivity index (χ1v) is 11.2. The van der Waals surface area contributed by atoms with Crippen LogP contribution in [0.1, 0.15) is 17.7 Å². The molecule has 1 aromatic heterocycles. The molecule has 0 spiro atoms. The van der Waals surface area contributed by atoms with E-state index in [0.29, 0.717) is 13.0 Å². The molecular formula is C16H15N2O4S3. The topological polar surface area (TPSA) is 95.3 Å². The minimum absolute atomic E-state index is 0.00908. The van der Waals surface area contributed by atoms with Crippen LogP contribution >= 0.6 is 11.3 Å². The lowest BCUT2D eigenvalue weighted by molar-refractivity contribution is 0.430. The van der Waals surface area contributed by atoms with Gasteiger partial charge < -0.3 is 0 Å². The van der Waals surface area contributed by atoms with E-state index in [1.54, 1.807) is 0 Å². The zero-order chi connectivity index (χ0) is 18.2. The Morgan fingerprint density at radius 3 is 2.48 bits per heavy atom. The van der Waals surface area contributed by atoms with Gasteiger partial charge in [-0.25, -0.2) is 16.8 Å². The average molecular weight is 396 g/mol. The number of thiophene rings is 1. The van der Waals surface area contributed by atoms with Crippen LogP contribution in [-0.4, -0.2) is 33.7 Å². The fraction of sp³-hybridized carbons (Fsp3) is 0.250. The quantitative estimate of drug-likeness (QED) is 0.792. The third-order valence-corrected chi connectivity index (χ3v) is 9.18. The van der Waals surface area contributed by atoms with Crippen LogP contribution in [0, 0.1) is 18.3 Å². The molecule has 0 saturated carbocycles. The summed E-state index contributed by atoms with van der Waals surface area (Å²) in [5.41, 5.74) is 0. The zero-order valence-corrected chi connectivity index (χ0v) is 15.6. The van der Waals surface area contributed by atoms with E-state index >= 15 is 0 Å². The molecular weight excluding hydrogens is 380 g/mol. The van der Waals surface area contributed by atoms with Gasteiger partial charge in [-0.2, -0.15) is 9.57 Å². The SMILES string of the molecule is [CH2][C@H]1CCCN1S(=O)(=O)c1cccc(S(=O)(=O)c2ccc(C#N)s2)c1. The van der Waals surface area contributed by atoms with Crippen LogP contribution in [0.2, 0.25) is 0 Å². The highest BCUT2D eigenvalue weighted by molar-refractivity contribution is 7.93. The molecule has 25 heavy (non-hydrogen) atoms. The molecule has 6 nitrogen and oxygen atoms in total. The third kappa shape index (κ3) is 3.22. The standard InChI is InChI=1S/C16H15N2O4S3/c1-12-4-3-9-18(12)25(21,22)15-6-2-5-14(10-15)24(19,20)16-8-7-13(11-17)23-16/h2,5-8,10,12H,1,3-4,9H2/t12-/m0/s1. The lowest BCUT2D eigenvalue weighted by Gasteiger charge is -2.21. The van der Waals surface area contributed by atoms with E-state index in [-0.39, 0.29) is 24.9 Å². The molecule has 9 heteroatoms. The highest BCUT2D eigenvalue weighted by Crippen LogP contribution is 2.31. The Morgan fingerprint density at radius 2 is 1.88 bits per heavy atom. The molecule has 0 unspecified atom stereocenters. The molecule has 3 rings (SSSR count). The third-order valence-electron chi connectivity index (χ3n) is 4.00. The maximum atomic E-state index is 12.8. The number of nitriles is 1. The van der Waals surface area contributed by atoms with E-state index < -0.39 is 19.9 Å². The van der Waals surface area contributed by atoms with Gasteiger partial charge in [-0.1, -0.05) is 6.07 Å². The van der Waals surface area contributed by atoms with Crippen LogP contribution in [0.15, 0.2) is 50.4 Å². The Labute approximate surface area is 151 Å². The molecule has 2 heterocycles. The molecule has 0 N–H and O–H groups in total. The molecule has 1 aliphatic rings. The van der Waals surface area contributed by atoms with Crippen molar-refractivity contribution in [1.82, 2.24) is 4.31 Å². The van der Waals surface area contributed by atoms with Crippen molar-refractivity contribution in [2.24, 2.45) is 0 Å². The fourth-order valence-electron chi connectivity index (χ4n) is 2.70. The molecule has 2 aromatic rings. The van der Waals surface area contributed by atoms with Crippen LogP contribution < -0.4 is 0 Å². The zero-order valence-electron chi connectivity index (χ0n) is 13.1. The molecule has 1 fully saturated rings. The Bertz CT molecular complexity index is 1050. The van der Waals surface area contributed by atoms with E-state index in [1.807, 2.05) is 6.07 Å². The van der Waals surface area contributed by atoms with Crippen molar-refractivity contribution in [3.8, 4) is 6.07 Å². The van der Waals surface area contributed by atoms with Gasteiger partial charge in [-0.15, -0.1) is 11.3 Å². The van der Waals surface area contributed by atoms with Crippen LogP contribution in [-0.2, 0) is 19.9 Å². The first-order valence-electron chi connectivity index (χ1n) is 7.47. The summed E-state index contributed by atoms with van der Waals surface area (Å²) in [6.07, 6.45) is 1.42. The van der Waals surface area contributed by atoms with Gasteiger partial charge in [-0.05, 0) is 50.1 Å². The summed E-state index contributed by atoms with van der Waals surface area (Å²) in [5, 5.41) is 8.86. The van der Waals surface area contributed by atoms with Gasteiger partial charge in [0.05, 0.1) is 9.79 Å². The summed E-state index contributed by atoms with van der Waals surface area (Å²) in [6.45, 7) is 4.22. The van der Waals surface area contributed by atoms with E-state index in [0.717, 1.165) is 17.8 Å². The van der Waals surface area contributed by atoms with Gasteiger partial charge in [0.2, 0.25) is 19.9 Å². The van der Waals surface area contributed by atoms with E-state index in [4.69, 9.17) is 5.26 Å². The van der Waals surface area contributed by atoms with Crippen LogP contribution in [0.4, 0.5) is 0 Å². The average Bonchev–Trinajstić information content (AvgIpc) is 3.24. The van der Waals surface area contributed by atoms with Crippen LogP contribution in [0.25, 0.3) is 0 Å². The second-order valence-electron chi connectivity index (χ2n) is 5.62. The van der Waals surface area contributed by atoms with Gasteiger partial charge in [0.1, 0.15) is 15.2 Å². The molecule has 0 aliphatic carbocycles. The van der Waals surface area contributed by atoms with Gasteiger partial charge in [0.15, 0.2) is 0 Å². The number of sulfone groups is 1.